The van der Waals surface area contributed by atoms with Crippen LogP contribution >= 0.6 is 0 Å². The first-order chi connectivity index (χ1) is 10.3. The summed E-state index contributed by atoms with van der Waals surface area (Å²) in [6.45, 7) is 5.67. The molecule has 21 heavy (non-hydrogen) atoms. The lowest BCUT2D eigenvalue weighted by Crippen LogP contribution is -2.22. The Balaban J connectivity index is 2.16. The molecule has 0 aliphatic carbocycles. The number of rotatable bonds is 4. The molecule has 3 aromatic rings. The Bertz CT molecular complexity index is 757. The van der Waals surface area contributed by atoms with Crippen LogP contribution in [0.15, 0.2) is 42.9 Å². The summed E-state index contributed by atoms with van der Waals surface area (Å²) in [6.07, 6.45) is 3.37. The van der Waals surface area contributed by atoms with E-state index in [0.29, 0.717) is 11.6 Å². The van der Waals surface area contributed by atoms with E-state index in [0.717, 1.165) is 23.9 Å². The Hall–Kier alpha value is -2.56. The third kappa shape index (κ3) is 2.20. The molecule has 5 heteroatoms. The fourth-order valence-electron chi connectivity index (χ4n) is 2.53. The molecular formula is C16H18N4O. The quantitative estimate of drug-likeness (QED) is 0.799. The molecule has 0 aliphatic rings. The van der Waals surface area contributed by atoms with Crippen molar-refractivity contribution in [3.8, 4) is 11.7 Å². The van der Waals surface area contributed by atoms with Gasteiger partial charge in [0.1, 0.15) is 12.1 Å². The number of hydrogen-bond donors (Lipinski definition) is 1. The summed E-state index contributed by atoms with van der Waals surface area (Å²) in [7, 11) is 0. The van der Waals surface area contributed by atoms with Gasteiger partial charge in [0.15, 0.2) is 5.82 Å². The molecule has 0 aliphatic heterocycles. The van der Waals surface area contributed by atoms with Crippen LogP contribution in [0.3, 0.4) is 0 Å². The molecule has 0 saturated carbocycles. The van der Waals surface area contributed by atoms with Crippen molar-refractivity contribution < 1.29 is 5.11 Å². The summed E-state index contributed by atoms with van der Waals surface area (Å²) in [6, 6.07) is 9.93. The summed E-state index contributed by atoms with van der Waals surface area (Å²) in [5, 5.41) is 12.6. The van der Waals surface area contributed by atoms with Crippen LogP contribution in [0.4, 0.5) is 5.82 Å². The van der Waals surface area contributed by atoms with Crippen LogP contribution in [-0.2, 0) is 0 Å². The van der Waals surface area contributed by atoms with E-state index in [-0.39, 0.29) is 5.88 Å². The number of fused-ring (bicyclic) bond motifs is 1. The van der Waals surface area contributed by atoms with Crippen LogP contribution in [0.1, 0.15) is 13.8 Å². The zero-order chi connectivity index (χ0) is 14.8. The molecule has 108 valence electrons. The highest BCUT2D eigenvalue weighted by Crippen LogP contribution is 2.30. The topological polar surface area (TPSA) is 54.2 Å². The van der Waals surface area contributed by atoms with Crippen LogP contribution in [-0.4, -0.2) is 32.7 Å². The predicted octanol–water partition coefficient (Wildman–Crippen LogP) is 2.97. The van der Waals surface area contributed by atoms with Gasteiger partial charge in [0, 0.05) is 24.7 Å². The Morgan fingerprint density at radius 2 is 1.86 bits per heavy atom. The van der Waals surface area contributed by atoms with E-state index in [1.807, 2.05) is 49.1 Å². The molecule has 2 aromatic heterocycles. The van der Waals surface area contributed by atoms with E-state index in [2.05, 4.69) is 9.97 Å². The Kier molecular flexibility index (Phi) is 3.48. The predicted molar refractivity (Wildman–Crippen MR) is 84.1 cm³/mol. The maximum atomic E-state index is 10.5. The fourth-order valence-corrected chi connectivity index (χ4v) is 2.53. The van der Waals surface area contributed by atoms with Crippen molar-refractivity contribution >= 4 is 16.6 Å². The zero-order valence-electron chi connectivity index (χ0n) is 12.2. The van der Waals surface area contributed by atoms with Crippen molar-refractivity contribution in [1.29, 1.82) is 0 Å². The summed E-state index contributed by atoms with van der Waals surface area (Å²) >= 11 is 0. The van der Waals surface area contributed by atoms with Crippen LogP contribution in [0.2, 0.25) is 0 Å². The number of benzene rings is 1. The number of anilines is 1. The van der Waals surface area contributed by atoms with E-state index >= 15 is 0 Å². The summed E-state index contributed by atoms with van der Waals surface area (Å²) in [5.41, 5.74) is 0. The number of aromatic hydroxyl groups is 1. The molecule has 0 saturated heterocycles. The van der Waals surface area contributed by atoms with Gasteiger partial charge in [-0.15, -0.1) is 0 Å². The van der Waals surface area contributed by atoms with Gasteiger partial charge >= 0.3 is 0 Å². The number of aromatic nitrogens is 3. The average molecular weight is 282 g/mol. The lowest BCUT2D eigenvalue weighted by Gasteiger charge is -2.18. The maximum Gasteiger partial charge on any atom is 0.242 e. The number of nitrogens with zero attached hydrogens (tertiary/aromatic N) is 4. The van der Waals surface area contributed by atoms with Crippen molar-refractivity contribution in [2.24, 2.45) is 0 Å². The number of pyridine rings is 1. The van der Waals surface area contributed by atoms with Gasteiger partial charge in [0.25, 0.3) is 0 Å². The second kappa shape index (κ2) is 5.44. The minimum atomic E-state index is 0.127. The molecule has 0 atom stereocenters. The van der Waals surface area contributed by atoms with Gasteiger partial charge in [-0.25, -0.2) is 9.97 Å². The summed E-state index contributed by atoms with van der Waals surface area (Å²) in [4.78, 5) is 10.8. The third-order valence-electron chi connectivity index (χ3n) is 3.67. The molecule has 0 unspecified atom stereocenters. The van der Waals surface area contributed by atoms with E-state index in [1.165, 1.54) is 0 Å². The normalized spacial score (nSPS) is 11.0. The largest absolute Gasteiger partial charge is 0.492 e. The molecule has 1 N–H and O–H groups in total. The van der Waals surface area contributed by atoms with E-state index < -0.39 is 0 Å². The molecule has 0 amide bonds. The Morgan fingerprint density at radius 3 is 2.62 bits per heavy atom. The molecule has 0 spiro atoms. The van der Waals surface area contributed by atoms with Gasteiger partial charge in [-0.3, -0.25) is 4.57 Å². The van der Waals surface area contributed by atoms with Crippen molar-refractivity contribution in [3.05, 3.63) is 42.9 Å². The Labute approximate surface area is 123 Å². The van der Waals surface area contributed by atoms with Crippen molar-refractivity contribution in [3.63, 3.8) is 0 Å². The number of imidazole rings is 1. The highest BCUT2D eigenvalue weighted by Gasteiger charge is 2.17. The average Bonchev–Trinajstić information content (AvgIpc) is 2.90. The number of hydrogen-bond acceptors (Lipinski definition) is 4. The van der Waals surface area contributed by atoms with Crippen LogP contribution < -0.4 is 4.90 Å². The van der Waals surface area contributed by atoms with Crippen LogP contribution in [0, 0.1) is 0 Å². The molecule has 0 radical (unpaired) electrons. The van der Waals surface area contributed by atoms with Gasteiger partial charge in [0.2, 0.25) is 5.88 Å². The first-order valence-corrected chi connectivity index (χ1v) is 7.11. The fraction of sp³-hybridized carbons (Fsp3) is 0.250. The van der Waals surface area contributed by atoms with Gasteiger partial charge in [-0.05, 0) is 25.3 Å². The summed E-state index contributed by atoms with van der Waals surface area (Å²) < 4.78 is 1.63. The highest BCUT2D eigenvalue weighted by molar-refractivity contribution is 5.88. The highest BCUT2D eigenvalue weighted by atomic mass is 16.3. The molecular weight excluding hydrogens is 264 g/mol. The van der Waals surface area contributed by atoms with Gasteiger partial charge in [0.05, 0.1) is 0 Å². The van der Waals surface area contributed by atoms with Crippen LogP contribution in [0.25, 0.3) is 16.6 Å². The lowest BCUT2D eigenvalue weighted by molar-refractivity contribution is 0.441. The zero-order valence-corrected chi connectivity index (χ0v) is 12.2. The minimum Gasteiger partial charge on any atom is -0.492 e. The lowest BCUT2D eigenvalue weighted by atomic mass is 10.1. The minimum absolute atomic E-state index is 0.127. The van der Waals surface area contributed by atoms with E-state index in [1.54, 1.807) is 17.1 Å². The molecule has 1 aromatic carbocycles. The van der Waals surface area contributed by atoms with Crippen molar-refractivity contribution in [2.75, 3.05) is 18.0 Å². The smallest absolute Gasteiger partial charge is 0.242 e. The summed E-state index contributed by atoms with van der Waals surface area (Å²) in [5.74, 6) is 1.41. The maximum absolute atomic E-state index is 10.5. The standard InChI is InChI=1S/C16H18N4O/c1-3-19(4-2)15-16(21)20(11-18-15)14-13-8-6-5-7-12(13)9-10-17-14/h5-11,21H,3-4H2,1-2H3. The van der Waals surface area contributed by atoms with Gasteiger partial charge in [-0.2, -0.15) is 0 Å². The molecule has 0 bridgehead atoms. The van der Waals surface area contributed by atoms with Crippen molar-refractivity contribution in [1.82, 2.24) is 14.5 Å². The monoisotopic (exact) mass is 282 g/mol. The molecule has 2 heterocycles. The van der Waals surface area contributed by atoms with E-state index in [9.17, 15) is 5.11 Å². The Morgan fingerprint density at radius 1 is 1.10 bits per heavy atom. The van der Waals surface area contributed by atoms with Crippen LogP contribution in [0.5, 0.6) is 5.88 Å². The first-order valence-electron chi connectivity index (χ1n) is 7.11. The third-order valence-corrected chi connectivity index (χ3v) is 3.67. The SMILES string of the molecule is CCN(CC)c1ncn(-c2nccc3ccccc23)c1O. The van der Waals surface area contributed by atoms with Crippen molar-refractivity contribution in [2.45, 2.75) is 13.8 Å². The molecule has 0 fully saturated rings. The second-order valence-electron chi connectivity index (χ2n) is 4.79. The molecule has 5 nitrogen and oxygen atoms in total. The second-order valence-corrected chi connectivity index (χ2v) is 4.79. The van der Waals surface area contributed by atoms with Gasteiger partial charge < -0.3 is 10.0 Å². The van der Waals surface area contributed by atoms with Gasteiger partial charge in [-0.1, -0.05) is 24.3 Å². The first kappa shape index (κ1) is 13.4. The van der Waals surface area contributed by atoms with E-state index in [4.69, 9.17) is 0 Å². The molecule has 3 rings (SSSR count).